The fourth-order valence-corrected chi connectivity index (χ4v) is 3.40. The Morgan fingerprint density at radius 1 is 1.40 bits per heavy atom. The molecule has 2 unspecified atom stereocenters. The molecule has 2 aliphatic rings. The second kappa shape index (κ2) is 5.97. The molecule has 1 aromatic rings. The maximum absolute atomic E-state index is 11.3. The van der Waals surface area contributed by atoms with Gasteiger partial charge >= 0.3 is 5.97 Å². The molecule has 0 bridgehead atoms. The summed E-state index contributed by atoms with van der Waals surface area (Å²) in [5.41, 5.74) is 0. The smallest absolute Gasteiger partial charge is 0.373 e. The molecule has 20 heavy (non-hydrogen) atoms. The average molecular weight is 278 g/mol. The van der Waals surface area contributed by atoms with Gasteiger partial charge < -0.3 is 14.5 Å². The van der Waals surface area contributed by atoms with E-state index in [1.807, 2.05) is 6.07 Å². The molecule has 2 aliphatic heterocycles. The van der Waals surface area contributed by atoms with E-state index in [0.29, 0.717) is 18.6 Å². The summed E-state index contributed by atoms with van der Waals surface area (Å²) < 4.78 is 10.1. The highest BCUT2D eigenvalue weighted by Crippen LogP contribution is 2.27. The lowest BCUT2D eigenvalue weighted by Crippen LogP contribution is -2.44. The van der Waals surface area contributed by atoms with Gasteiger partial charge in [-0.3, -0.25) is 4.90 Å². The largest absolute Gasteiger partial charge is 0.463 e. The minimum absolute atomic E-state index is 0.273. The zero-order valence-electron chi connectivity index (χ0n) is 11.9. The summed E-state index contributed by atoms with van der Waals surface area (Å²) in [7, 11) is 1.36. The zero-order valence-corrected chi connectivity index (χ0v) is 11.9. The molecule has 5 heteroatoms. The van der Waals surface area contributed by atoms with Crippen molar-refractivity contribution in [3.63, 3.8) is 0 Å². The molecule has 3 rings (SSSR count). The van der Waals surface area contributed by atoms with Crippen LogP contribution >= 0.6 is 0 Å². The quantitative estimate of drug-likeness (QED) is 0.851. The van der Waals surface area contributed by atoms with Gasteiger partial charge in [0.1, 0.15) is 5.76 Å². The first-order chi connectivity index (χ1) is 9.78. The summed E-state index contributed by atoms with van der Waals surface area (Å²) in [6, 6.07) is 4.73. The van der Waals surface area contributed by atoms with Crippen molar-refractivity contribution in [2.45, 2.75) is 44.3 Å². The van der Waals surface area contributed by atoms with Gasteiger partial charge in [0.15, 0.2) is 0 Å². The van der Waals surface area contributed by atoms with Crippen LogP contribution in [0, 0.1) is 0 Å². The molecular formula is C15H22N2O3. The molecular weight excluding hydrogens is 256 g/mol. The maximum Gasteiger partial charge on any atom is 0.373 e. The molecule has 110 valence electrons. The first kappa shape index (κ1) is 13.6. The van der Waals surface area contributed by atoms with Crippen LogP contribution in [0.15, 0.2) is 16.5 Å². The number of hydrogen-bond acceptors (Lipinski definition) is 5. The lowest BCUT2D eigenvalue weighted by molar-refractivity contribution is 0.0562. The van der Waals surface area contributed by atoms with Crippen LogP contribution in [0.4, 0.5) is 0 Å². The predicted molar refractivity (Wildman–Crippen MR) is 74.5 cm³/mol. The number of ether oxygens (including phenoxy) is 1. The van der Waals surface area contributed by atoms with Gasteiger partial charge in [-0.25, -0.2) is 4.79 Å². The van der Waals surface area contributed by atoms with Crippen molar-refractivity contribution in [3.05, 3.63) is 23.7 Å². The van der Waals surface area contributed by atoms with E-state index in [1.165, 1.54) is 45.9 Å². The number of nitrogens with zero attached hydrogens (tertiary/aromatic N) is 1. The number of nitrogens with one attached hydrogen (secondary N) is 1. The minimum atomic E-state index is -0.421. The Labute approximate surface area is 119 Å². The number of esters is 1. The molecule has 0 saturated carbocycles. The molecule has 2 fully saturated rings. The number of rotatable bonds is 4. The molecule has 1 N–H and O–H groups in total. The van der Waals surface area contributed by atoms with E-state index >= 15 is 0 Å². The van der Waals surface area contributed by atoms with Crippen molar-refractivity contribution >= 4 is 5.97 Å². The zero-order chi connectivity index (χ0) is 13.9. The van der Waals surface area contributed by atoms with Crippen LogP contribution in [0.2, 0.25) is 0 Å². The normalized spacial score (nSPS) is 26.4. The van der Waals surface area contributed by atoms with Gasteiger partial charge in [-0.2, -0.15) is 0 Å². The van der Waals surface area contributed by atoms with Crippen LogP contribution in [0.5, 0.6) is 0 Å². The Hall–Kier alpha value is -1.33. The van der Waals surface area contributed by atoms with Crippen molar-refractivity contribution in [1.82, 2.24) is 10.2 Å². The molecule has 0 amide bonds. The highest BCUT2D eigenvalue weighted by atomic mass is 16.5. The number of carbonyl (C=O) groups excluding carboxylic acids is 1. The van der Waals surface area contributed by atoms with Gasteiger partial charge in [-0.1, -0.05) is 6.42 Å². The minimum Gasteiger partial charge on any atom is -0.463 e. The third-order valence-corrected chi connectivity index (χ3v) is 4.44. The topological polar surface area (TPSA) is 54.7 Å². The van der Waals surface area contributed by atoms with Crippen molar-refractivity contribution in [2.24, 2.45) is 0 Å². The summed E-state index contributed by atoms with van der Waals surface area (Å²) in [5.74, 6) is 0.644. The second-order valence-electron chi connectivity index (χ2n) is 5.63. The first-order valence-electron chi connectivity index (χ1n) is 7.42. The standard InChI is InChI=1S/C15H22N2O3/c1-19-15(18)14-6-5-11(20-14)10-16-12-7-9-17-8-3-2-4-13(12)17/h5-6,12-13,16H,2-4,7-10H2,1H3. The Bertz CT molecular complexity index is 471. The van der Waals surface area contributed by atoms with Crippen LogP contribution in [0.25, 0.3) is 0 Å². The molecule has 0 aliphatic carbocycles. The van der Waals surface area contributed by atoms with Crippen LogP contribution in [0.1, 0.15) is 42.0 Å². The van der Waals surface area contributed by atoms with E-state index in [0.717, 1.165) is 5.76 Å². The first-order valence-corrected chi connectivity index (χ1v) is 7.42. The summed E-state index contributed by atoms with van der Waals surface area (Å²) >= 11 is 0. The van der Waals surface area contributed by atoms with E-state index in [4.69, 9.17) is 4.42 Å². The van der Waals surface area contributed by atoms with Gasteiger partial charge in [0.2, 0.25) is 5.76 Å². The van der Waals surface area contributed by atoms with Gasteiger partial charge in [-0.15, -0.1) is 0 Å². The Morgan fingerprint density at radius 2 is 2.30 bits per heavy atom. The highest BCUT2D eigenvalue weighted by molar-refractivity contribution is 5.86. The number of methoxy groups -OCH3 is 1. The number of hydrogen-bond donors (Lipinski definition) is 1. The number of piperidine rings is 1. The predicted octanol–water partition coefficient (Wildman–Crippen LogP) is 1.78. The van der Waals surface area contributed by atoms with Gasteiger partial charge in [-0.05, 0) is 37.9 Å². The average Bonchev–Trinajstić information content (AvgIpc) is 3.11. The van der Waals surface area contributed by atoms with Crippen LogP contribution < -0.4 is 5.32 Å². The highest BCUT2D eigenvalue weighted by Gasteiger charge is 2.35. The molecule has 2 atom stereocenters. The fraction of sp³-hybridized carbons (Fsp3) is 0.667. The van der Waals surface area contributed by atoms with Gasteiger partial charge in [0.25, 0.3) is 0 Å². The van der Waals surface area contributed by atoms with Gasteiger partial charge in [0.05, 0.1) is 13.7 Å². The number of carbonyl (C=O) groups is 1. The van der Waals surface area contributed by atoms with Crippen molar-refractivity contribution in [3.8, 4) is 0 Å². The summed E-state index contributed by atoms with van der Waals surface area (Å²) in [6.45, 7) is 3.12. The Morgan fingerprint density at radius 3 is 3.15 bits per heavy atom. The second-order valence-corrected chi connectivity index (χ2v) is 5.63. The molecule has 3 heterocycles. The van der Waals surface area contributed by atoms with Crippen LogP contribution in [0.3, 0.4) is 0 Å². The van der Waals surface area contributed by atoms with E-state index < -0.39 is 5.97 Å². The summed E-state index contributed by atoms with van der Waals surface area (Å²) in [5, 5.41) is 3.58. The molecule has 0 radical (unpaired) electrons. The Balaban J connectivity index is 1.54. The Kier molecular flexibility index (Phi) is 4.08. The summed E-state index contributed by atoms with van der Waals surface area (Å²) in [6.07, 6.45) is 5.18. The lowest BCUT2D eigenvalue weighted by Gasteiger charge is -2.32. The third-order valence-electron chi connectivity index (χ3n) is 4.44. The molecule has 2 saturated heterocycles. The monoisotopic (exact) mass is 278 g/mol. The van der Waals surface area contributed by atoms with Crippen LogP contribution in [-0.4, -0.2) is 43.2 Å². The molecule has 0 spiro atoms. The van der Waals surface area contributed by atoms with Crippen molar-refractivity contribution in [2.75, 3.05) is 20.2 Å². The fourth-order valence-electron chi connectivity index (χ4n) is 3.40. The maximum atomic E-state index is 11.3. The third kappa shape index (κ3) is 2.74. The summed E-state index contributed by atoms with van der Waals surface area (Å²) in [4.78, 5) is 13.9. The molecule has 5 nitrogen and oxygen atoms in total. The van der Waals surface area contributed by atoms with Gasteiger partial charge in [0, 0.05) is 18.6 Å². The SMILES string of the molecule is COC(=O)c1ccc(CNC2CCN3CCCCC23)o1. The molecule has 1 aromatic heterocycles. The van der Waals surface area contributed by atoms with Crippen molar-refractivity contribution < 1.29 is 13.9 Å². The van der Waals surface area contributed by atoms with E-state index in [9.17, 15) is 4.79 Å². The number of furan rings is 1. The van der Waals surface area contributed by atoms with Crippen molar-refractivity contribution in [1.29, 1.82) is 0 Å². The van der Waals surface area contributed by atoms with Crippen LogP contribution in [-0.2, 0) is 11.3 Å². The number of fused-ring (bicyclic) bond motifs is 1. The lowest BCUT2D eigenvalue weighted by atomic mass is 9.99. The molecule has 0 aromatic carbocycles. The van der Waals surface area contributed by atoms with E-state index in [1.54, 1.807) is 6.07 Å². The van der Waals surface area contributed by atoms with E-state index in [2.05, 4.69) is 15.0 Å². The van der Waals surface area contributed by atoms with E-state index in [-0.39, 0.29) is 5.76 Å².